The van der Waals surface area contributed by atoms with Crippen molar-refractivity contribution in [3.8, 4) is 0 Å². The average molecular weight is 306 g/mol. The van der Waals surface area contributed by atoms with E-state index in [1.165, 1.54) is 0 Å². The highest BCUT2D eigenvalue weighted by molar-refractivity contribution is 7.09. The molecule has 0 aliphatic heterocycles. The van der Waals surface area contributed by atoms with Gasteiger partial charge in [-0.2, -0.15) is 0 Å². The van der Waals surface area contributed by atoms with E-state index in [1.807, 2.05) is 10.8 Å². The smallest absolute Gasteiger partial charge is 0.220 e. The number of amides is 1. The largest absolute Gasteiger partial charge is 0.356 e. The summed E-state index contributed by atoms with van der Waals surface area (Å²) < 4.78 is 1.98. The minimum absolute atomic E-state index is 0.106. The van der Waals surface area contributed by atoms with E-state index in [0.29, 0.717) is 18.9 Å². The van der Waals surface area contributed by atoms with Crippen LogP contribution in [0.15, 0.2) is 24.1 Å². The van der Waals surface area contributed by atoms with Crippen molar-refractivity contribution in [1.29, 1.82) is 0 Å². The van der Waals surface area contributed by atoms with E-state index in [0.717, 1.165) is 30.1 Å². The van der Waals surface area contributed by atoms with Gasteiger partial charge >= 0.3 is 0 Å². The van der Waals surface area contributed by atoms with Crippen LogP contribution in [0.2, 0.25) is 0 Å². The maximum absolute atomic E-state index is 11.7. The minimum atomic E-state index is 0.106. The number of nitrogens with one attached hydrogen (secondary N) is 1. The molecule has 0 spiro atoms. The lowest BCUT2D eigenvalue weighted by atomic mass is 10.2. The van der Waals surface area contributed by atoms with E-state index in [-0.39, 0.29) is 5.91 Å². The number of nitrogens with zero attached hydrogens (tertiary/aromatic N) is 3. The Bertz CT molecular complexity index is 548. The average Bonchev–Trinajstić information content (AvgIpc) is 3.09. The quantitative estimate of drug-likeness (QED) is 0.815. The molecule has 1 N–H and O–H groups in total. The molecule has 0 unspecified atom stereocenters. The Morgan fingerprint density at radius 2 is 2.33 bits per heavy atom. The summed E-state index contributed by atoms with van der Waals surface area (Å²) in [5.74, 6) is 0.580. The van der Waals surface area contributed by atoms with Crippen LogP contribution < -0.4 is 5.32 Å². The van der Waals surface area contributed by atoms with Crippen molar-refractivity contribution in [2.75, 3.05) is 6.54 Å². The first-order valence-electron chi connectivity index (χ1n) is 7.32. The van der Waals surface area contributed by atoms with Crippen molar-refractivity contribution in [3.05, 3.63) is 34.8 Å². The molecular weight excluding hydrogens is 284 g/mol. The second kappa shape index (κ2) is 7.93. The fourth-order valence-electron chi connectivity index (χ4n) is 1.96. The summed E-state index contributed by atoms with van der Waals surface area (Å²) in [5.41, 5.74) is 1.07. The lowest BCUT2D eigenvalue weighted by Crippen LogP contribution is -2.25. The predicted molar refractivity (Wildman–Crippen MR) is 84.4 cm³/mol. The van der Waals surface area contributed by atoms with Gasteiger partial charge in [-0.05, 0) is 6.42 Å². The van der Waals surface area contributed by atoms with Gasteiger partial charge in [0.15, 0.2) is 0 Å². The van der Waals surface area contributed by atoms with Crippen LogP contribution in [0.1, 0.15) is 43.3 Å². The zero-order valence-electron chi connectivity index (χ0n) is 12.6. The van der Waals surface area contributed by atoms with Crippen molar-refractivity contribution in [3.63, 3.8) is 0 Å². The third-order valence-electron chi connectivity index (χ3n) is 3.15. The topological polar surface area (TPSA) is 59.8 Å². The number of carbonyl (C=O) groups is 1. The number of hydrogen-bond acceptors (Lipinski definition) is 4. The number of carbonyl (C=O) groups excluding carboxylic acids is 1. The molecule has 0 fully saturated rings. The molecule has 6 heteroatoms. The Balaban J connectivity index is 1.60. The molecular formula is C15H22N4OS. The molecule has 2 aromatic heterocycles. The zero-order valence-corrected chi connectivity index (χ0v) is 13.4. The van der Waals surface area contributed by atoms with Crippen molar-refractivity contribution in [2.24, 2.45) is 0 Å². The van der Waals surface area contributed by atoms with Crippen molar-refractivity contribution in [1.82, 2.24) is 19.9 Å². The van der Waals surface area contributed by atoms with E-state index in [9.17, 15) is 4.79 Å². The Kier molecular flexibility index (Phi) is 5.92. The van der Waals surface area contributed by atoms with Crippen molar-refractivity contribution < 1.29 is 4.79 Å². The second-order valence-corrected chi connectivity index (χ2v) is 6.23. The molecule has 0 saturated heterocycles. The first kappa shape index (κ1) is 15.7. The highest BCUT2D eigenvalue weighted by atomic mass is 32.1. The second-order valence-electron chi connectivity index (χ2n) is 5.34. The summed E-state index contributed by atoms with van der Waals surface area (Å²) in [6.07, 6.45) is 7.61. The molecule has 1 amide bonds. The standard InChI is InChI=1S/C15H22N4OS/c1-12(2)15-18-13(10-21-15)5-6-17-14(20)4-3-8-19-9-7-16-11-19/h7,9-12H,3-6,8H2,1-2H3,(H,17,20). The molecule has 2 aromatic rings. The van der Waals surface area contributed by atoms with Gasteiger partial charge in [-0.15, -0.1) is 11.3 Å². The molecule has 0 radical (unpaired) electrons. The highest BCUT2D eigenvalue weighted by Crippen LogP contribution is 2.19. The molecule has 0 atom stereocenters. The van der Waals surface area contributed by atoms with Gasteiger partial charge in [0.1, 0.15) is 0 Å². The van der Waals surface area contributed by atoms with Crippen molar-refractivity contribution in [2.45, 2.75) is 45.6 Å². The Hall–Kier alpha value is -1.69. The van der Waals surface area contributed by atoms with E-state index in [4.69, 9.17) is 0 Å². The van der Waals surface area contributed by atoms with Gasteiger partial charge in [0.25, 0.3) is 0 Å². The van der Waals surface area contributed by atoms with Crippen LogP contribution in [0.3, 0.4) is 0 Å². The monoisotopic (exact) mass is 306 g/mol. The highest BCUT2D eigenvalue weighted by Gasteiger charge is 2.06. The Labute approximate surface area is 129 Å². The van der Waals surface area contributed by atoms with Crippen molar-refractivity contribution >= 4 is 17.2 Å². The normalized spacial score (nSPS) is 11.0. The van der Waals surface area contributed by atoms with Gasteiger partial charge in [-0.25, -0.2) is 9.97 Å². The van der Waals surface area contributed by atoms with Crippen LogP contribution in [-0.4, -0.2) is 27.0 Å². The predicted octanol–water partition coefficient (Wildman–Crippen LogP) is 2.60. The number of rotatable bonds is 8. The molecule has 21 heavy (non-hydrogen) atoms. The Morgan fingerprint density at radius 1 is 1.48 bits per heavy atom. The molecule has 2 heterocycles. The third-order valence-corrected chi connectivity index (χ3v) is 4.34. The van der Waals surface area contributed by atoms with E-state index in [1.54, 1.807) is 23.9 Å². The number of aromatic nitrogens is 3. The summed E-state index contributed by atoms with van der Waals surface area (Å²) in [6, 6.07) is 0. The molecule has 0 aliphatic carbocycles. The fourth-order valence-corrected chi connectivity index (χ4v) is 2.83. The summed E-state index contributed by atoms with van der Waals surface area (Å²) in [7, 11) is 0. The molecule has 5 nitrogen and oxygen atoms in total. The maximum atomic E-state index is 11.7. The van der Waals surface area contributed by atoms with Crippen LogP contribution in [0.25, 0.3) is 0 Å². The van der Waals surface area contributed by atoms with E-state index < -0.39 is 0 Å². The Morgan fingerprint density at radius 3 is 3.00 bits per heavy atom. The first-order chi connectivity index (χ1) is 10.1. The number of imidazole rings is 1. The zero-order chi connectivity index (χ0) is 15.1. The molecule has 114 valence electrons. The number of thiazole rings is 1. The lowest BCUT2D eigenvalue weighted by Gasteiger charge is -2.04. The van der Waals surface area contributed by atoms with Crippen LogP contribution in [-0.2, 0) is 17.8 Å². The van der Waals surface area contributed by atoms with Gasteiger partial charge in [0, 0.05) is 49.6 Å². The fraction of sp³-hybridized carbons (Fsp3) is 0.533. The van der Waals surface area contributed by atoms with Crippen LogP contribution in [0.5, 0.6) is 0 Å². The molecule has 0 aromatic carbocycles. The van der Waals surface area contributed by atoms with Gasteiger partial charge in [0.05, 0.1) is 17.0 Å². The summed E-state index contributed by atoms with van der Waals surface area (Å²) in [4.78, 5) is 20.3. The first-order valence-corrected chi connectivity index (χ1v) is 8.20. The molecule has 0 aliphatic rings. The van der Waals surface area contributed by atoms with E-state index >= 15 is 0 Å². The minimum Gasteiger partial charge on any atom is -0.356 e. The van der Waals surface area contributed by atoms with Crippen LogP contribution >= 0.6 is 11.3 Å². The number of hydrogen-bond donors (Lipinski definition) is 1. The third kappa shape index (κ3) is 5.30. The van der Waals surface area contributed by atoms with Gasteiger partial charge < -0.3 is 9.88 Å². The summed E-state index contributed by atoms with van der Waals surface area (Å²) >= 11 is 1.70. The van der Waals surface area contributed by atoms with E-state index in [2.05, 4.69) is 34.5 Å². The van der Waals surface area contributed by atoms with Crippen LogP contribution in [0, 0.1) is 0 Å². The van der Waals surface area contributed by atoms with Crippen LogP contribution in [0.4, 0.5) is 0 Å². The molecule has 0 saturated carbocycles. The summed E-state index contributed by atoms with van der Waals surface area (Å²) in [6.45, 7) is 5.78. The molecule has 0 bridgehead atoms. The number of aryl methyl sites for hydroxylation is 1. The molecule has 2 rings (SSSR count). The van der Waals surface area contributed by atoms with Gasteiger partial charge in [-0.1, -0.05) is 13.8 Å². The van der Waals surface area contributed by atoms with Gasteiger partial charge in [-0.3, -0.25) is 4.79 Å². The lowest BCUT2D eigenvalue weighted by molar-refractivity contribution is -0.121. The van der Waals surface area contributed by atoms with Gasteiger partial charge in [0.2, 0.25) is 5.91 Å². The summed E-state index contributed by atoms with van der Waals surface area (Å²) in [5, 5.41) is 6.20. The SMILES string of the molecule is CC(C)c1nc(CCNC(=O)CCCn2ccnc2)cs1. The maximum Gasteiger partial charge on any atom is 0.220 e.